The Bertz CT molecular complexity index is 1240. The fraction of sp³-hybridized carbons (Fsp3) is 0.136. The number of benzene rings is 3. The summed E-state index contributed by atoms with van der Waals surface area (Å²) in [5.41, 5.74) is -0.865. The van der Waals surface area contributed by atoms with E-state index in [4.69, 9.17) is 23.2 Å². The maximum absolute atomic E-state index is 13.3. The molecule has 0 aliphatic carbocycles. The number of hydrogen-bond acceptors (Lipinski definition) is 3. The van der Waals surface area contributed by atoms with Crippen molar-refractivity contribution in [2.45, 2.75) is 17.6 Å². The third-order valence-electron chi connectivity index (χ3n) is 4.56. The van der Waals surface area contributed by atoms with Crippen molar-refractivity contribution in [3.63, 3.8) is 0 Å². The number of amides is 1. The molecule has 3 aromatic carbocycles. The predicted octanol–water partition coefficient (Wildman–Crippen LogP) is 5.52. The summed E-state index contributed by atoms with van der Waals surface area (Å²) in [6.07, 6.45) is -4.74. The first-order chi connectivity index (χ1) is 15.5. The van der Waals surface area contributed by atoms with Gasteiger partial charge in [-0.15, -0.1) is 0 Å². The zero-order valence-corrected chi connectivity index (χ0v) is 19.1. The van der Waals surface area contributed by atoms with E-state index >= 15 is 0 Å². The van der Waals surface area contributed by atoms with Crippen molar-refractivity contribution in [2.24, 2.45) is 0 Å². The molecule has 3 rings (SSSR count). The Morgan fingerprint density at radius 1 is 0.939 bits per heavy atom. The zero-order valence-electron chi connectivity index (χ0n) is 16.8. The molecule has 0 saturated carbocycles. The molecule has 0 unspecified atom stereocenters. The molecule has 0 spiro atoms. The Kier molecular flexibility index (Phi) is 7.56. The smallest absolute Gasteiger partial charge is 0.350 e. The van der Waals surface area contributed by atoms with Gasteiger partial charge in [0, 0.05) is 11.6 Å². The standard InChI is InChI=1S/C22H17Cl2F3N2O3S/c23-17-9-6-15(7-10-17)13-28-21(30)14-29(33(31,32)18-4-2-1-3-5-18)20-12-16(22(25,26)27)8-11-19(20)24/h1-12H,13-14H2,(H,28,30). The Balaban J connectivity index is 1.96. The number of nitrogens with one attached hydrogen (secondary N) is 1. The first-order valence-corrected chi connectivity index (χ1v) is 11.6. The quantitative estimate of drug-likeness (QED) is 0.449. The number of carbonyl (C=O) groups excluding carboxylic acids is 1. The van der Waals surface area contributed by atoms with Crippen molar-refractivity contribution in [3.8, 4) is 0 Å². The molecular formula is C22H17Cl2F3N2O3S. The van der Waals surface area contributed by atoms with Crippen LogP contribution in [0.2, 0.25) is 10.0 Å². The number of anilines is 1. The van der Waals surface area contributed by atoms with Crippen LogP contribution in [-0.4, -0.2) is 20.9 Å². The highest BCUT2D eigenvalue weighted by Gasteiger charge is 2.34. The van der Waals surface area contributed by atoms with E-state index in [0.29, 0.717) is 21.0 Å². The fourth-order valence-electron chi connectivity index (χ4n) is 2.89. The number of nitrogens with zero attached hydrogens (tertiary/aromatic N) is 1. The van der Waals surface area contributed by atoms with Gasteiger partial charge < -0.3 is 5.32 Å². The Morgan fingerprint density at radius 3 is 2.18 bits per heavy atom. The third-order valence-corrected chi connectivity index (χ3v) is 6.91. The lowest BCUT2D eigenvalue weighted by atomic mass is 10.2. The minimum atomic E-state index is -4.74. The summed E-state index contributed by atoms with van der Waals surface area (Å²) in [5, 5.41) is 2.80. The number of halogens is 5. The topological polar surface area (TPSA) is 66.5 Å². The highest BCUT2D eigenvalue weighted by atomic mass is 35.5. The number of alkyl halides is 3. The van der Waals surface area contributed by atoms with Crippen LogP contribution in [0, 0.1) is 0 Å². The second-order valence-corrected chi connectivity index (χ2v) is 9.60. The Morgan fingerprint density at radius 2 is 1.58 bits per heavy atom. The maximum atomic E-state index is 13.3. The van der Waals surface area contributed by atoms with Gasteiger partial charge in [-0.05, 0) is 48.0 Å². The molecule has 1 amide bonds. The average molecular weight is 517 g/mol. The molecule has 0 radical (unpaired) electrons. The SMILES string of the molecule is O=C(CN(c1cc(C(F)(F)F)ccc1Cl)S(=O)(=O)c1ccccc1)NCc1ccc(Cl)cc1. The lowest BCUT2D eigenvalue weighted by Crippen LogP contribution is -2.41. The van der Waals surface area contributed by atoms with Gasteiger partial charge in [-0.25, -0.2) is 8.42 Å². The third kappa shape index (κ3) is 6.19. The van der Waals surface area contributed by atoms with Gasteiger partial charge in [-0.1, -0.05) is 53.5 Å². The summed E-state index contributed by atoms with van der Waals surface area (Å²) in [5.74, 6) is -0.738. The normalized spacial score (nSPS) is 11.8. The van der Waals surface area contributed by atoms with Gasteiger partial charge in [0.1, 0.15) is 6.54 Å². The van der Waals surface area contributed by atoms with Crippen LogP contribution < -0.4 is 9.62 Å². The van der Waals surface area contributed by atoms with Crippen molar-refractivity contribution in [3.05, 3.63) is 94.0 Å². The van der Waals surface area contributed by atoms with Crippen molar-refractivity contribution < 1.29 is 26.4 Å². The number of sulfonamides is 1. The second kappa shape index (κ2) is 10.0. The van der Waals surface area contributed by atoms with E-state index in [1.54, 1.807) is 30.3 Å². The molecule has 0 bridgehead atoms. The molecule has 0 aromatic heterocycles. The second-order valence-electron chi connectivity index (χ2n) is 6.89. The van der Waals surface area contributed by atoms with E-state index in [-0.39, 0.29) is 16.5 Å². The van der Waals surface area contributed by atoms with Gasteiger partial charge in [0.25, 0.3) is 10.0 Å². The predicted molar refractivity (Wildman–Crippen MR) is 121 cm³/mol. The molecule has 174 valence electrons. The van der Waals surface area contributed by atoms with Crippen molar-refractivity contribution in [2.75, 3.05) is 10.8 Å². The first-order valence-electron chi connectivity index (χ1n) is 9.44. The molecule has 1 N–H and O–H groups in total. The monoisotopic (exact) mass is 516 g/mol. The highest BCUT2D eigenvalue weighted by molar-refractivity contribution is 7.92. The molecule has 0 saturated heterocycles. The van der Waals surface area contributed by atoms with Gasteiger partial charge in [0.2, 0.25) is 5.91 Å². The average Bonchev–Trinajstić information content (AvgIpc) is 2.77. The van der Waals surface area contributed by atoms with Crippen LogP contribution in [0.5, 0.6) is 0 Å². The molecule has 33 heavy (non-hydrogen) atoms. The zero-order chi connectivity index (χ0) is 24.2. The van der Waals surface area contributed by atoms with E-state index in [9.17, 15) is 26.4 Å². The Labute approximate surface area is 198 Å². The maximum Gasteiger partial charge on any atom is 0.416 e. The molecule has 3 aromatic rings. The van der Waals surface area contributed by atoms with Gasteiger partial charge in [-0.2, -0.15) is 13.2 Å². The van der Waals surface area contributed by atoms with Crippen LogP contribution in [-0.2, 0) is 27.5 Å². The van der Waals surface area contributed by atoms with Gasteiger partial charge >= 0.3 is 6.18 Å². The molecular weight excluding hydrogens is 500 g/mol. The van der Waals surface area contributed by atoms with Crippen LogP contribution in [0.15, 0.2) is 77.7 Å². The minimum absolute atomic E-state index is 0.0611. The molecule has 5 nitrogen and oxygen atoms in total. The number of rotatable bonds is 7. The highest BCUT2D eigenvalue weighted by Crippen LogP contribution is 2.37. The summed E-state index contributed by atoms with van der Waals surface area (Å²) in [7, 11) is -4.42. The van der Waals surface area contributed by atoms with E-state index in [1.165, 1.54) is 24.3 Å². The molecule has 0 heterocycles. The summed E-state index contributed by atoms with van der Waals surface area (Å²) >= 11 is 11.9. The number of carbonyl (C=O) groups is 1. The van der Waals surface area contributed by atoms with Crippen LogP contribution in [0.1, 0.15) is 11.1 Å². The molecule has 0 aliphatic heterocycles. The van der Waals surface area contributed by atoms with E-state index in [0.717, 1.165) is 12.1 Å². The minimum Gasteiger partial charge on any atom is -0.350 e. The van der Waals surface area contributed by atoms with Crippen LogP contribution in [0.25, 0.3) is 0 Å². The van der Waals surface area contributed by atoms with E-state index < -0.39 is 39.9 Å². The van der Waals surface area contributed by atoms with Gasteiger partial charge in [0.15, 0.2) is 0 Å². The van der Waals surface area contributed by atoms with Crippen molar-refractivity contribution in [1.29, 1.82) is 0 Å². The van der Waals surface area contributed by atoms with Crippen LogP contribution in [0.4, 0.5) is 18.9 Å². The summed E-state index contributed by atoms with van der Waals surface area (Å²) in [4.78, 5) is 12.4. The van der Waals surface area contributed by atoms with Crippen molar-refractivity contribution in [1.82, 2.24) is 5.32 Å². The molecule has 0 atom stereocenters. The van der Waals surface area contributed by atoms with Crippen LogP contribution in [0.3, 0.4) is 0 Å². The van der Waals surface area contributed by atoms with Gasteiger partial charge in [0.05, 0.1) is 21.2 Å². The number of hydrogen-bond donors (Lipinski definition) is 1. The molecule has 0 aliphatic rings. The Hall–Kier alpha value is -2.75. The first kappa shape index (κ1) is 24.9. The fourth-order valence-corrected chi connectivity index (χ4v) is 4.74. The lowest BCUT2D eigenvalue weighted by molar-refractivity contribution is -0.137. The molecule has 0 fully saturated rings. The van der Waals surface area contributed by atoms with Crippen molar-refractivity contribution >= 4 is 44.8 Å². The summed E-state index contributed by atoms with van der Waals surface area (Å²) < 4.78 is 67.0. The largest absolute Gasteiger partial charge is 0.416 e. The van der Waals surface area contributed by atoms with Gasteiger partial charge in [-0.3, -0.25) is 9.10 Å². The lowest BCUT2D eigenvalue weighted by Gasteiger charge is -2.26. The van der Waals surface area contributed by atoms with E-state index in [1.807, 2.05) is 0 Å². The van der Waals surface area contributed by atoms with Crippen LogP contribution >= 0.6 is 23.2 Å². The van der Waals surface area contributed by atoms with E-state index in [2.05, 4.69) is 5.32 Å². The molecule has 11 heteroatoms. The summed E-state index contributed by atoms with van der Waals surface area (Å²) in [6.45, 7) is -0.725. The summed E-state index contributed by atoms with van der Waals surface area (Å²) in [6, 6.07) is 15.9.